The topological polar surface area (TPSA) is 79.0 Å². The zero-order valence-corrected chi connectivity index (χ0v) is 17.2. The molecule has 0 unspecified atom stereocenters. The van der Waals surface area contributed by atoms with Crippen molar-refractivity contribution in [1.29, 1.82) is 0 Å². The number of rotatable bonds is 7. The Morgan fingerprint density at radius 1 is 1.10 bits per heavy atom. The van der Waals surface area contributed by atoms with Gasteiger partial charge in [0, 0.05) is 37.9 Å². The van der Waals surface area contributed by atoms with Crippen LogP contribution in [-0.4, -0.2) is 62.9 Å². The fourth-order valence-corrected chi connectivity index (χ4v) is 4.56. The summed E-state index contributed by atoms with van der Waals surface area (Å²) < 4.78 is 55.8. The van der Waals surface area contributed by atoms with Gasteiger partial charge in [-0.3, -0.25) is 9.69 Å². The maximum Gasteiger partial charge on any atom is 0.387 e. The standard InChI is InChI=1S/C20H23F2N3O4S/c1-15-5-7-18(8-6-15)30(27,28)25-11-9-24(10-12-25)14-19(26)23-16-3-2-4-17(13-16)29-20(21)22/h2-8,13,20H,9-12,14H2,1H3,(H,23,26). The van der Waals surface area contributed by atoms with Crippen molar-refractivity contribution in [3.8, 4) is 5.75 Å². The molecule has 2 aromatic rings. The molecule has 30 heavy (non-hydrogen) atoms. The van der Waals surface area contributed by atoms with Crippen LogP contribution in [0.5, 0.6) is 5.75 Å². The van der Waals surface area contributed by atoms with E-state index in [1.54, 1.807) is 30.3 Å². The van der Waals surface area contributed by atoms with Gasteiger partial charge in [-0.2, -0.15) is 13.1 Å². The molecule has 0 radical (unpaired) electrons. The van der Waals surface area contributed by atoms with Crippen molar-refractivity contribution >= 4 is 21.6 Å². The summed E-state index contributed by atoms with van der Waals surface area (Å²) in [4.78, 5) is 14.4. The summed E-state index contributed by atoms with van der Waals surface area (Å²) in [5, 5.41) is 2.64. The largest absolute Gasteiger partial charge is 0.435 e. The number of nitrogens with zero attached hydrogens (tertiary/aromatic N) is 2. The molecule has 1 amide bonds. The van der Waals surface area contributed by atoms with Crippen LogP contribution in [-0.2, 0) is 14.8 Å². The predicted octanol–water partition coefficient (Wildman–Crippen LogP) is 2.54. The van der Waals surface area contributed by atoms with Gasteiger partial charge in [0.15, 0.2) is 0 Å². The minimum absolute atomic E-state index is 0.0438. The van der Waals surface area contributed by atoms with Crippen LogP contribution in [0.1, 0.15) is 5.56 Å². The molecule has 1 N–H and O–H groups in total. The summed E-state index contributed by atoms with van der Waals surface area (Å²) >= 11 is 0. The van der Waals surface area contributed by atoms with E-state index in [0.29, 0.717) is 18.8 Å². The number of anilines is 1. The number of benzene rings is 2. The highest BCUT2D eigenvalue weighted by molar-refractivity contribution is 7.89. The van der Waals surface area contributed by atoms with E-state index in [0.717, 1.165) is 5.56 Å². The molecule has 1 heterocycles. The molecular formula is C20H23F2N3O4S. The molecule has 162 valence electrons. The molecule has 0 saturated carbocycles. The van der Waals surface area contributed by atoms with Gasteiger partial charge in [-0.15, -0.1) is 0 Å². The number of hydrogen-bond donors (Lipinski definition) is 1. The Bertz CT molecular complexity index is 976. The number of piperazine rings is 1. The Morgan fingerprint density at radius 2 is 1.77 bits per heavy atom. The Labute approximate surface area is 174 Å². The summed E-state index contributed by atoms with van der Waals surface area (Å²) in [6.45, 7) is 0.395. The number of hydrogen-bond acceptors (Lipinski definition) is 5. The van der Waals surface area contributed by atoms with E-state index in [9.17, 15) is 22.0 Å². The van der Waals surface area contributed by atoms with Crippen molar-refractivity contribution in [2.75, 3.05) is 38.0 Å². The van der Waals surface area contributed by atoms with Crippen LogP contribution in [0, 0.1) is 6.92 Å². The third-order valence-corrected chi connectivity index (χ3v) is 6.61. The number of amides is 1. The van der Waals surface area contributed by atoms with Crippen molar-refractivity contribution in [3.63, 3.8) is 0 Å². The number of carbonyl (C=O) groups excluding carboxylic acids is 1. The van der Waals surface area contributed by atoms with Crippen molar-refractivity contribution in [2.24, 2.45) is 0 Å². The van der Waals surface area contributed by atoms with Crippen LogP contribution in [0.4, 0.5) is 14.5 Å². The van der Waals surface area contributed by atoms with Gasteiger partial charge in [0.2, 0.25) is 15.9 Å². The van der Waals surface area contributed by atoms with Crippen LogP contribution in [0.3, 0.4) is 0 Å². The second-order valence-electron chi connectivity index (χ2n) is 6.95. The van der Waals surface area contributed by atoms with E-state index in [1.165, 1.54) is 22.5 Å². The minimum atomic E-state index is -3.56. The van der Waals surface area contributed by atoms with E-state index in [4.69, 9.17) is 0 Å². The summed E-state index contributed by atoms with van der Waals surface area (Å²) in [5.41, 5.74) is 1.33. The number of carbonyl (C=O) groups is 1. The summed E-state index contributed by atoms with van der Waals surface area (Å²) in [7, 11) is -3.56. The second-order valence-corrected chi connectivity index (χ2v) is 8.89. The summed E-state index contributed by atoms with van der Waals surface area (Å²) in [5.74, 6) is -0.364. The molecule has 0 aromatic heterocycles. The molecular weight excluding hydrogens is 416 g/mol. The normalized spacial score (nSPS) is 15.9. The van der Waals surface area contributed by atoms with Gasteiger partial charge in [0.05, 0.1) is 11.4 Å². The molecule has 0 atom stereocenters. The molecule has 1 saturated heterocycles. The van der Waals surface area contributed by atoms with Gasteiger partial charge in [0.1, 0.15) is 5.75 Å². The van der Waals surface area contributed by atoms with E-state index in [1.807, 2.05) is 11.8 Å². The first kappa shape index (κ1) is 22.1. The smallest absolute Gasteiger partial charge is 0.387 e. The molecule has 1 aliphatic rings. The van der Waals surface area contributed by atoms with E-state index in [2.05, 4.69) is 10.1 Å². The number of aryl methyl sites for hydroxylation is 1. The van der Waals surface area contributed by atoms with E-state index >= 15 is 0 Å². The highest BCUT2D eigenvalue weighted by Crippen LogP contribution is 2.20. The SMILES string of the molecule is Cc1ccc(S(=O)(=O)N2CCN(CC(=O)Nc3cccc(OC(F)F)c3)CC2)cc1. The number of ether oxygens (including phenoxy) is 1. The molecule has 3 rings (SSSR count). The highest BCUT2D eigenvalue weighted by atomic mass is 32.2. The van der Waals surface area contributed by atoms with Gasteiger partial charge < -0.3 is 10.1 Å². The van der Waals surface area contributed by atoms with Gasteiger partial charge in [-0.05, 0) is 31.2 Å². The lowest BCUT2D eigenvalue weighted by molar-refractivity contribution is -0.117. The van der Waals surface area contributed by atoms with Crippen LogP contribution >= 0.6 is 0 Å². The Hall–Kier alpha value is -2.56. The maximum atomic E-state index is 12.7. The van der Waals surface area contributed by atoms with Gasteiger partial charge in [-0.25, -0.2) is 8.42 Å². The van der Waals surface area contributed by atoms with E-state index in [-0.39, 0.29) is 36.2 Å². The van der Waals surface area contributed by atoms with Crippen molar-refractivity contribution in [2.45, 2.75) is 18.4 Å². The first-order valence-corrected chi connectivity index (χ1v) is 10.8. The molecule has 0 spiro atoms. The fraction of sp³-hybridized carbons (Fsp3) is 0.350. The van der Waals surface area contributed by atoms with Crippen LogP contribution in [0.2, 0.25) is 0 Å². The van der Waals surface area contributed by atoms with Crippen molar-refractivity contribution < 1.29 is 26.7 Å². The second kappa shape index (κ2) is 9.50. The van der Waals surface area contributed by atoms with Crippen molar-refractivity contribution in [3.05, 3.63) is 54.1 Å². The third kappa shape index (κ3) is 5.74. The lowest BCUT2D eigenvalue weighted by Crippen LogP contribution is -2.50. The molecule has 0 bridgehead atoms. The highest BCUT2D eigenvalue weighted by Gasteiger charge is 2.29. The average Bonchev–Trinajstić information content (AvgIpc) is 2.68. The maximum absolute atomic E-state index is 12.7. The Kier molecular flexibility index (Phi) is 7.01. The predicted molar refractivity (Wildman–Crippen MR) is 108 cm³/mol. The molecule has 0 aliphatic carbocycles. The van der Waals surface area contributed by atoms with Crippen molar-refractivity contribution in [1.82, 2.24) is 9.21 Å². The molecule has 1 fully saturated rings. The summed E-state index contributed by atoms with van der Waals surface area (Å²) in [6.07, 6.45) is 0. The van der Waals surface area contributed by atoms with Gasteiger partial charge in [0.25, 0.3) is 0 Å². The Morgan fingerprint density at radius 3 is 2.40 bits per heavy atom. The molecule has 10 heteroatoms. The third-order valence-electron chi connectivity index (χ3n) is 4.70. The van der Waals surface area contributed by atoms with E-state index < -0.39 is 16.6 Å². The monoisotopic (exact) mass is 439 g/mol. The average molecular weight is 439 g/mol. The molecule has 7 nitrogen and oxygen atoms in total. The molecule has 1 aliphatic heterocycles. The fourth-order valence-electron chi connectivity index (χ4n) is 3.14. The van der Waals surface area contributed by atoms with Crippen LogP contribution < -0.4 is 10.1 Å². The number of halogens is 2. The quantitative estimate of drug-likeness (QED) is 0.717. The lowest BCUT2D eigenvalue weighted by Gasteiger charge is -2.33. The zero-order valence-electron chi connectivity index (χ0n) is 16.4. The lowest BCUT2D eigenvalue weighted by atomic mass is 10.2. The number of sulfonamides is 1. The minimum Gasteiger partial charge on any atom is -0.435 e. The Balaban J connectivity index is 1.52. The first-order valence-electron chi connectivity index (χ1n) is 9.38. The summed E-state index contributed by atoms with van der Waals surface area (Å²) in [6, 6.07) is 12.5. The van der Waals surface area contributed by atoms with Gasteiger partial charge in [-0.1, -0.05) is 23.8 Å². The number of alkyl halides is 2. The number of nitrogens with one attached hydrogen (secondary N) is 1. The van der Waals surface area contributed by atoms with Crippen LogP contribution in [0.25, 0.3) is 0 Å². The molecule has 2 aromatic carbocycles. The van der Waals surface area contributed by atoms with Crippen LogP contribution in [0.15, 0.2) is 53.4 Å². The first-order chi connectivity index (χ1) is 14.2. The van der Waals surface area contributed by atoms with Gasteiger partial charge >= 0.3 is 6.61 Å². The zero-order chi connectivity index (χ0) is 21.7.